The topological polar surface area (TPSA) is 63.6 Å². The molecule has 3 aromatic rings. The van der Waals surface area contributed by atoms with Crippen LogP contribution in [0.5, 0.6) is 0 Å². The third-order valence-electron chi connectivity index (χ3n) is 2.50. The molecule has 3 aromatic heterocycles. The van der Waals surface area contributed by atoms with E-state index in [0.29, 0.717) is 11.6 Å². The van der Waals surface area contributed by atoms with E-state index in [1.807, 2.05) is 36.4 Å². The molecule has 0 aromatic carbocycles. The van der Waals surface area contributed by atoms with Gasteiger partial charge < -0.3 is 5.32 Å². The van der Waals surface area contributed by atoms with Gasteiger partial charge in [0.15, 0.2) is 0 Å². The minimum Gasteiger partial charge on any atom is -0.324 e. The predicted octanol–water partition coefficient (Wildman–Crippen LogP) is 2.68. The Morgan fingerprint density at radius 1 is 0.737 bits per heavy atom. The van der Waals surface area contributed by atoms with Crippen LogP contribution in [-0.2, 0) is 0 Å². The summed E-state index contributed by atoms with van der Waals surface area (Å²) in [6.07, 6.45) is 6.66. The molecule has 0 unspecified atom stereocenters. The zero-order chi connectivity index (χ0) is 12.9. The maximum Gasteiger partial charge on any atom is 0.150 e. The van der Waals surface area contributed by atoms with E-state index in [4.69, 9.17) is 0 Å². The summed E-state index contributed by atoms with van der Waals surface area (Å²) in [5.74, 6) is 1.37. The molecule has 5 heteroatoms. The van der Waals surface area contributed by atoms with E-state index >= 15 is 0 Å². The van der Waals surface area contributed by atoms with Crippen LogP contribution in [0.1, 0.15) is 0 Å². The van der Waals surface area contributed by atoms with Gasteiger partial charge in [-0.05, 0) is 24.3 Å². The fraction of sp³-hybridized carbons (Fsp3) is 0. The molecule has 1 N–H and O–H groups in total. The molecule has 0 atom stereocenters. The third-order valence-corrected chi connectivity index (χ3v) is 2.50. The van der Waals surface area contributed by atoms with Crippen molar-refractivity contribution >= 4 is 11.6 Å². The average Bonchev–Trinajstić information content (AvgIpc) is 2.49. The molecule has 0 saturated carbocycles. The lowest BCUT2D eigenvalue weighted by atomic mass is 10.2. The summed E-state index contributed by atoms with van der Waals surface area (Å²) >= 11 is 0. The van der Waals surface area contributed by atoms with Gasteiger partial charge in [-0.3, -0.25) is 9.97 Å². The normalized spacial score (nSPS) is 10.1. The van der Waals surface area contributed by atoms with Crippen LogP contribution in [0.25, 0.3) is 11.4 Å². The van der Waals surface area contributed by atoms with Crippen molar-refractivity contribution in [1.29, 1.82) is 0 Å². The quantitative estimate of drug-likeness (QED) is 0.773. The zero-order valence-electron chi connectivity index (χ0n) is 10.1. The standard InChI is InChI=1S/C14H11N5/c1-2-7-16-11(4-1)12-5-3-6-13(18-12)19-14-10-15-8-9-17-14/h1-10H,(H,17,18,19). The highest BCUT2D eigenvalue weighted by atomic mass is 15.1. The van der Waals surface area contributed by atoms with E-state index in [1.54, 1.807) is 24.8 Å². The molecule has 3 rings (SSSR count). The van der Waals surface area contributed by atoms with E-state index in [0.717, 1.165) is 11.4 Å². The summed E-state index contributed by atoms with van der Waals surface area (Å²) < 4.78 is 0. The van der Waals surface area contributed by atoms with Crippen molar-refractivity contribution < 1.29 is 0 Å². The van der Waals surface area contributed by atoms with Crippen molar-refractivity contribution in [3.63, 3.8) is 0 Å². The first-order valence-corrected chi connectivity index (χ1v) is 5.83. The number of rotatable bonds is 3. The molecule has 0 aliphatic carbocycles. The Labute approximate surface area is 110 Å². The third kappa shape index (κ3) is 2.71. The lowest BCUT2D eigenvalue weighted by Crippen LogP contribution is -1.97. The molecule has 5 nitrogen and oxygen atoms in total. The SMILES string of the molecule is c1ccc(-c2cccc(Nc3cnccn3)n2)nc1. The van der Waals surface area contributed by atoms with Crippen LogP contribution in [0.15, 0.2) is 61.2 Å². The van der Waals surface area contributed by atoms with Gasteiger partial charge in [-0.25, -0.2) is 9.97 Å². The van der Waals surface area contributed by atoms with Gasteiger partial charge in [-0.2, -0.15) is 0 Å². The van der Waals surface area contributed by atoms with Gasteiger partial charge >= 0.3 is 0 Å². The molecule has 0 aliphatic heterocycles. The minimum atomic E-state index is 0.660. The molecule has 0 saturated heterocycles. The second-order valence-electron chi connectivity index (χ2n) is 3.84. The van der Waals surface area contributed by atoms with Gasteiger partial charge in [0.05, 0.1) is 17.6 Å². The minimum absolute atomic E-state index is 0.660. The van der Waals surface area contributed by atoms with E-state index < -0.39 is 0 Å². The molecule has 0 amide bonds. The number of nitrogens with one attached hydrogen (secondary N) is 1. The Hall–Kier alpha value is -2.82. The summed E-state index contributed by atoms with van der Waals surface area (Å²) in [4.78, 5) is 16.9. The van der Waals surface area contributed by atoms with Gasteiger partial charge in [0.1, 0.15) is 11.6 Å². The molecule has 92 valence electrons. The van der Waals surface area contributed by atoms with Crippen LogP contribution in [0.2, 0.25) is 0 Å². The van der Waals surface area contributed by atoms with Gasteiger partial charge in [0.2, 0.25) is 0 Å². The molecular weight excluding hydrogens is 238 g/mol. The van der Waals surface area contributed by atoms with E-state index in [9.17, 15) is 0 Å². The van der Waals surface area contributed by atoms with Crippen LogP contribution in [0, 0.1) is 0 Å². The molecule has 0 radical (unpaired) electrons. The molecule has 0 aliphatic rings. The number of aromatic nitrogens is 4. The Bertz CT molecular complexity index is 655. The van der Waals surface area contributed by atoms with E-state index in [1.165, 1.54) is 0 Å². The predicted molar refractivity (Wildman–Crippen MR) is 72.8 cm³/mol. The number of nitrogens with zero attached hydrogens (tertiary/aromatic N) is 4. The van der Waals surface area contributed by atoms with Crippen molar-refractivity contribution in [1.82, 2.24) is 19.9 Å². The molecule has 3 heterocycles. The zero-order valence-corrected chi connectivity index (χ0v) is 10.1. The van der Waals surface area contributed by atoms with Crippen molar-refractivity contribution in [2.45, 2.75) is 0 Å². The first kappa shape index (κ1) is 11.3. The smallest absolute Gasteiger partial charge is 0.150 e. The molecule has 0 bridgehead atoms. The average molecular weight is 249 g/mol. The fourth-order valence-electron chi connectivity index (χ4n) is 1.66. The summed E-state index contributed by atoms with van der Waals surface area (Å²) in [6.45, 7) is 0. The van der Waals surface area contributed by atoms with Crippen LogP contribution in [0.4, 0.5) is 11.6 Å². The molecular formula is C14H11N5. The summed E-state index contributed by atoms with van der Waals surface area (Å²) in [5, 5.41) is 3.10. The number of hydrogen-bond donors (Lipinski definition) is 1. The van der Waals surface area contributed by atoms with Crippen LogP contribution in [-0.4, -0.2) is 19.9 Å². The first-order valence-electron chi connectivity index (χ1n) is 5.83. The molecule has 0 fully saturated rings. The summed E-state index contributed by atoms with van der Waals surface area (Å²) in [7, 11) is 0. The summed E-state index contributed by atoms with van der Waals surface area (Å²) in [5.41, 5.74) is 1.65. The number of pyridine rings is 2. The first-order chi connectivity index (χ1) is 9.42. The Morgan fingerprint density at radius 3 is 2.47 bits per heavy atom. The highest BCUT2D eigenvalue weighted by Crippen LogP contribution is 2.17. The van der Waals surface area contributed by atoms with Crippen molar-refractivity contribution in [3.8, 4) is 11.4 Å². The molecule has 19 heavy (non-hydrogen) atoms. The number of hydrogen-bond acceptors (Lipinski definition) is 5. The van der Waals surface area contributed by atoms with Gasteiger partial charge in [0.25, 0.3) is 0 Å². The van der Waals surface area contributed by atoms with Crippen LogP contribution in [0.3, 0.4) is 0 Å². The monoisotopic (exact) mass is 249 g/mol. The lowest BCUT2D eigenvalue weighted by molar-refractivity contribution is 1.18. The van der Waals surface area contributed by atoms with Crippen LogP contribution >= 0.6 is 0 Å². The van der Waals surface area contributed by atoms with Gasteiger partial charge in [-0.1, -0.05) is 12.1 Å². The van der Waals surface area contributed by atoms with Gasteiger partial charge in [0, 0.05) is 18.6 Å². The van der Waals surface area contributed by atoms with Gasteiger partial charge in [-0.15, -0.1) is 0 Å². The Kier molecular flexibility index (Phi) is 3.10. The van der Waals surface area contributed by atoms with E-state index in [2.05, 4.69) is 25.3 Å². The lowest BCUT2D eigenvalue weighted by Gasteiger charge is -2.05. The Balaban J connectivity index is 1.89. The van der Waals surface area contributed by atoms with Crippen LogP contribution < -0.4 is 5.32 Å². The maximum absolute atomic E-state index is 4.50. The van der Waals surface area contributed by atoms with Crippen molar-refractivity contribution in [3.05, 3.63) is 61.2 Å². The largest absolute Gasteiger partial charge is 0.324 e. The molecule has 0 spiro atoms. The summed E-state index contributed by atoms with van der Waals surface area (Å²) in [6, 6.07) is 11.5. The Morgan fingerprint density at radius 2 is 1.68 bits per heavy atom. The highest BCUT2D eigenvalue weighted by molar-refractivity contribution is 5.59. The highest BCUT2D eigenvalue weighted by Gasteiger charge is 2.02. The fourth-order valence-corrected chi connectivity index (χ4v) is 1.66. The second-order valence-corrected chi connectivity index (χ2v) is 3.84. The van der Waals surface area contributed by atoms with E-state index in [-0.39, 0.29) is 0 Å². The maximum atomic E-state index is 4.50. The van der Waals surface area contributed by atoms with Crippen molar-refractivity contribution in [2.24, 2.45) is 0 Å². The second kappa shape index (κ2) is 5.22. The van der Waals surface area contributed by atoms with Crippen molar-refractivity contribution in [2.75, 3.05) is 5.32 Å². The number of anilines is 2.